The van der Waals surface area contributed by atoms with Crippen LogP contribution in [0.15, 0.2) is 46.3 Å². The Morgan fingerprint density at radius 2 is 2.00 bits per heavy atom. The third-order valence-corrected chi connectivity index (χ3v) is 5.57. The number of carbonyl (C=O) groups is 1. The third kappa shape index (κ3) is 4.66. The van der Waals surface area contributed by atoms with E-state index in [0.29, 0.717) is 28.1 Å². The maximum Gasteiger partial charge on any atom is 0.266 e. The lowest BCUT2D eigenvalue weighted by molar-refractivity contribution is -0.122. The van der Waals surface area contributed by atoms with Gasteiger partial charge in [-0.05, 0) is 73.5 Å². The number of amides is 1. The van der Waals surface area contributed by atoms with Gasteiger partial charge in [0.15, 0.2) is 23.3 Å². The van der Waals surface area contributed by atoms with E-state index in [1.807, 2.05) is 57.2 Å². The number of aryl methyl sites for hydroxylation is 2. The van der Waals surface area contributed by atoms with Gasteiger partial charge < -0.3 is 9.47 Å². The van der Waals surface area contributed by atoms with Crippen molar-refractivity contribution in [2.75, 3.05) is 20.3 Å². The maximum atomic E-state index is 12.9. The van der Waals surface area contributed by atoms with E-state index in [4.69, 9.17) is 19.7 Å². The second kappa shape index (κ2) is 9.51. The number of aliphatic imine (C=N–C) groups is 1. The zero-order valence-electron chi connectivity index (χ0n) is 17.4. The molecule has 1 saturated heterocycles. The highest BCUT2D eigenvalue weighted by Gasteiger charge is 2.32. The van der Waals surface area contributed by atoms with Crippen molar-refractivity contribution in [2.24, 2.45) is 4.99 Å². The lowest BCUT2D eigenvalue weighted by Crippen LogP contribution is -2.28. The van der Waals surface area contributed by atoms with E-state index in [2.05, 4.69) is 0 Å². The number of hydrogen-bond donors (Lipinski definition) is 0. The molecular weight excluding hydrogens is 398 g/mol. The van der Waals surface area contributed by atoms with Gasteiger partial charge in [0.2, 0.25) is 0 Å². The van der Waals surface area contributed by atoms with Gasteiger partial charge in [-0.2, -0.15) is 5.26 Å². The molecule has 30 heavy (non-hydrogen) atoms. The zero-order valence-corrected chi connectivity index (χ0v) is 18.2. The minimum absolute atomic E-state index is 0.0607. The molecule has 0 spiro atoms. The van der Waals surface area contributed by atoms with Crippen molar-refractivity contribution >= 4 is 34.6 Å². The molecule has 7 heteroatoms. The van der Waals surface area contributed by atoms with Crippen LogP contribution in [0.25, 0.3) is 6.08 Å². The first kappa shape index (κ1) is 21.5. The number of thioether (sulfide) groups is 1. The van der Waals surface area contributed by atoms with Gasteiger partial charge in [-0.15, -0.1) is 0 Å². The highest BCUT2D eigenvalue weighted by atomic mass is 32.2. The fourth-order valence-electron chi connectivity index (χ4n) is 2.97. The summed E-state index contributed by atoms with van der Waals surface area (Å²) in [5, 5.41) is 9.36. The summed E-state index contributed by atoms with van der Waals surface area (Å²) in [5.41, 5.74) is 3.85. The van der Waals surface area contributed by atoms with E-state index >= 15 is 0 Å². The summed E-state index contributed by atoms with van der Waals surface area (Å²) in [6.07, 6.45) is 1.82. The van der Waals surface area contributed by atoms with Crippen molar-refractivity contribution < 1.29 is 14.3 Å². The SMILES string of the molecule is CCN1C(=O)/C(=C\c2ccc(OCC#N)c(OC)c2)SC1=Nc1cc(C)ccc1C. The van der Waals surface area contributed by atoms with Crippen molar-refractivity contribution in [1.29, 1.82) is 5.26 Å². The largest absolute Gasteiger partial charge is 0.493 e. The van der Waals surface area contributed by atoms with E-state index in [9.17, 15) is 4.79 Å². The first-order valence-corrected chi connectivity index (χ1v) is 10.3. The van der Waals surface area contributed by atoms with E-state index in [0.717, 1.165) is 22.4 Å². The van der Waals surface area contributed by atoms with Gasteiger partial charge in [0.1, 0.15) is 6.07 Å². The average molecular weight is 422 g/mol. The van der Waals surface area contributed by atoms with Crippen LogP contribution in [0.3, 0.4) is 0 Å². The topological polar surface area (TPSA) is 74.9 Å². The summed E-state index contributed by atoms with van der Waals surface area (Å²) >= 11 is 1.36. The average Bonchev–Trinajstić information content (AvgIpc) is 3.03. The molecule has 6 nitrogen and oxygen atoms in total. The Morgan fingerprint density at radius 1 is 1.20 bits per heavy atom. The number of carbonyl (C=O) groups excluding carboxylic acids is 1. The molecule has 3 rings (SSSR count). The van der Waals surface area contributed by atoms with Gasteiger partial charge >= 0.3 is 0 Å². The molecule has 2 aromatic carbocycles. The van der Waals surface area contributed by atoms with Crippen LogP contribution in [0.1, 0.15) is 23.6 Å². The van der Waals surface area contributed by atoms with E-state index < -0.39 is 0 Å². The number of likely N-dealkylation sites (N-methyl/N-ethyl adjacent to an activating group) is 1. The van der Waals surface area contributed by atoms with Crippen molar-refractivity contribution in [3.63, 3.8) is 0 Å². The Hall–Kier alpha value is -3.24. The fourth-order valence-corrected chi connectivity index (χ4v) is 4.02. The van der Waals surface area contributed by atoms with Gasteiger partial charge in [-0.25, -0.2) is 4.99 Å². The maximum absolute atomic E-state index is 12.9. The number of hydrogen-bond acceptors (Lipinski definition) is 6. The van der Waals surface area contributed by atoms with Crippen molar-refractivity contribution in [1.82, 2.24) is 4.90 Å². The number of rotatable bonds is 6. The molecule has 0 aromatic heterocycles. The zero-order chi connectivity index (χ0) is 21.7. The van der Waals surface area contributed by atoms with Crippen LogP contribution in [0, 0.1) is 25.2 Å². The van der Waals surface area contributed by atoms with Gasteiger partial charge in [0.25, 0.3) is 5.91 Å². The first-order valence-electron chi connectivity index (χ1n) is 9.52. The van der Waals surface area contributed by atoms with Gasteiger partial charge in [0.05, 0.1) is 17.7 Å². The smallest absolute Gasteiger partial charge is 0.266 e. The summed E-state index contributed by atoms with van der Waals surface area (Å²) < 4.78 is 10.7. The van der Waals surface area contributed by atoms with Crippen LogP contribution < -0.4 is 9.47 Å². The second-order valence-electron chi connectivity index (χ2n) is 6.70. The molecule has 1 heterocycles. The molecular formula is C23H23N3O3S. The van der Waals surface area contributed by atoms with Crippen LogP contribution in [0.5, 0.6) is 11.5 Å². The van der Waals surface area contributed by atoms with Gasteiger partial charge in [-0.1, -0.05) is 18.2 Å². The van der Waals surface area contributed by atoms with Crippen LogP contribution in [0.2, 0.25) is 0 Å². The minimum Gasteiger partial charge on any atom is -0.493 e. The highest BCUT2D eigenvalue weighted by molar-refractivity contribution is 8.18. The van der Waals surface area contributed by atoms with Crippen LogP contribution in [-0.4, -0.2) is 36.2 Å². The Bertz CT molecular complexity index is 1070. The van der Waals surface area contributed by atoms with Gasteiger partial charge in [-0.3, -0.25) is 9.69 Å². The molecule has 0 aliphatic carbocycles. The number of amidine groups is 1. The molecule has 1 amide bonds. The Morgan fingerprint density at radius 3 is 2.70 bits per heavy atom. The molecule has 2 aromatic rings. The summed E-state index contributed by atoms with van der Waals surface area (Å²) in [6, 6.07) is 13.4. The lowest BCUT2D eigenvalue weighted by Gasteiger charge is -2.12. The Balaban J connectivity index is 1.93. The standard InChI is InChI=1S/C23H23N3O3S/c1-5-26-22(27)21(30-23(26)25-18-12-15(2)6-7-16(18)3)14-17-8-9-19(29-11-10-24)20(13-17)28-4/h6-9,12-14H,5,11H2,1-4H3/b21-14+,25-23?. The normalized spacial score (nSPS) is 16.2. The molecule has 0 N–H and O–H groups in total. The molecule has 0 unspecified atom stereocenters. The first-order chi connectivity index (χ1) is 14.5. The predicted molar refractivity (Wildman–Crippen MR) is 120 cm³/mol. The lowest BCUT2D eigenvalue weighted by atomic mass is 10.1. The van der Waals surface area contributed by atoms with Crippen LogP contribution in [-0.2, 0) is 4.79 Å². The number of methoxy groups -OCH3 is 1. The van der Waals surface area contributed by atoms with E-state index in [1.54, 1.807) is 17.0 Å². The van der Waals surface area contributed by atoms with Crippen LogP contribution >= 0.6 is 11.8 Å². The molecule has 0 atom stereocenters. The summed E-state index contributed by atoms with van der Waals surface area (Å²) in [5.74, 6) is 0.918. The summed E-state index contributed by atoms with van der Waals surface area (Å²) in [7, 11) is 1.54. The third-order valence-electron chi connectivity index (χ3n) is 4.56. The Labute approximate surface area is 180 Å². The predicted octanol–water partition coefficient (Wildman–Crippen LogP) is 4.84. The molecule has 0 saturated carbocycles. The van der Waals surface area contributed by atoms with E-state index in [-0.39, 0.29) is 12.5 Å². The van der Waals surface area contributed by atoms with Crippen molar-refractivity contribution in [3.8, 4) is 17.6 Å². The van der Waals surface area contributed by atoms with Gasteiger partial charge in [0, 0.05) is 6.54 Å². The summed E-state index contributed by atoms with van der Waals surface area (Å²) in [4.78, 5) is 20.0. The molecule has 0 bridgehead atoms. The molecule has 0 radical (unpaired) electrons. The second-order valence-corrected chi connectivity index (χ2v) is 7.71. The number of benzene rings is 2. The van der Waals surface area contributed by atoms with Crippen LogP contribution in [0.4, 0.5) is 5.69 Å². The molecule has 154 valence electrons. The minimum atomic E-state index is -0.0738. The monoisotopic (exact) mass is 421 g/mol. The quantitative estimate of drug-likeness (QED) is 0.624. The highest BCUT2D eigenvalue weighted by Crippen LogP contribution is 2.36. The molecule has 1 aliphatic rings. The number of nitrogens with zero attached hydrogens (tertiary/aromatic N) is 3. The number of ether oxygens (including phenoxy) is 2. The summed E-state index contributed by atoms with van der Waals surface area (Å²) in [6.45, 7) is 6.45. The van der Waals surface area contributed by atoms with E-state index in [1.165, 1.54) is 18.9 Å². The number of nitriles is 1. The molecule has 1 aliphatic heterocycles. The molecule has 1 fully saturated rings. The van der Waals surface area contributed by atoms with Crippen molar-refractivity contribution in [3.05, 3.63) is 58.0 Å². The Kier molecular flexibility index (Phi) is 6.80. The van der Waals surface area contributed by atoms with Crippen molar-refractivity contribution in [2.45, 2.75) is 20.8 Å². The fraction of sp³-hybridized carbons (Fsp3) is 0.261.